The highest BCUT2D eigenvalue weighted by Crippen LogP contribution is 2.45. The van der Waals surface area contributed by atoms with Gasteiger partial charge in [-0.2, -0.15) is 0 Å². The number of amides is 1. The fraction of sp³-hybridized carbons (Fsp3) is 0.667. The van der Waals surface area contributed by atoms with Gasteiger partial charge >= 0.3 is 0 Å². The van der Waals surface area contributed by atoms with Crippen LogP contribution >= 0.6 is 0 Å². The maximum atomic E-state index is 12.4. The predicted octanol–water partition coefficient (Wildman–Crippen LogP) is 4.83. The van der Waals surface area contributed by atoms with Gasteiger partial charge in [-0.3, -0.25) is 4.79 Å². The van der Waals surface area contributed by atoms with Crippen LogP contribution in [0.2, 0.25) is 0 Å². The molecule has 0 radical (unpaired) electrons. The molecule has 0 spiro atoms. The topological polar surface area (TPSA) is 29.1 Å². The lowest BCUT2D eigenvalue weighted by Crippen LogP contribution is -2.36. The molecular formula is C21H33NO. The summed E-state index contributed by atoms with van der Waals surface area (Å²) in [6.45, 7) is 10.1. The molecule has 1 aliphatic rings. The summed E-state index contributed by atoms with van der Waals surface area (Å²) in [5.41, 5.74) is 1.67. The Hall–Kier alpha value is -1.31. The number of carbonyl (C=O) groups excluding carboxylic acids is 1. The zero-order chi connectivity index (χ0) is 16.9. The Bertz CT molecular complexity index is 492. The van der Waals surface area contributed by atoms with Crippen molar-refractivity contribution < 1.29 is 4.79 Å². The lowest BCUT2D eigenvalue weighted by molar-refractivity contribution is -0.123. The highest BCUT2D eigenvalue weighted by Gasteiger charge is 2.36. The Kier molecular flexibility index (Phi) is 6.26. The van der Waals surface area contributed by atoms with E-state index in [9.17, 15) is 4.79 Å². The van der Waals surface area contributed by atoms with Crippen LogP contribution in [0.15, 0.2) is 30.3 Å². The SMILES string of the molecule is CC(C)C1CCC(C)(C)CC1CC(=O)NCCc1ccccc1. The van der Waals surface area contributed by atoms with E-state index in [0.29, 0.717) is 29.6 Å². The van der Waals surface area contributed by atoms with E-state index in [1.807, 2.05) is 6.07 Å². The average molecular weight is 316 g/mol. The third kappa shape index (κ3) is 5.67. The largest absolute Gasteiger partial charge is 0.356 e. The minimum Gasteiger partial charge on any atom is -0.356 e. The zero-order valence-corrected chi connectivity index (χ0v) is 15.3. The highest BCUT2D eigenvalue weighted by atomic mass is 16.1. The van der Waals surface area contributed by atoms with Crippen molar-refractivity contribution in [2.24, 2.45) is 23.2 Å². The van der Waals surface area contributed by atoms with Crippen molar-refractivity contribution in [3.05, 3.63) is 35.9 Å². The van der Waals surface area contributed by atoms with E-state index < -0.39 is 0 Å². The van der Waals surface area contributed by atoms with E-state index in [2.05, 4.69) is 57.3 Å². The molecular weight excluding hydrogens is 282 g/mol. The Morgan fingerprint density at radius 1 is 1.26 bits per heavy atom. The Balaban J connectivity index is 1.82. The van der Waals surface area contributed by atoms with E-state index in [0.717, 1.165) is 13.0 Å². The van der Waals surface area contributed by atoms with Gasteiger partial charge in [0.15, 0.2) is 0 Å². The van der Waals surface area contributed by atoms with Crippen molar-refractivity contribution in [2.45, 2.75) is 59.8 Å². The molecule has 2 rings (SSSR count). The standard InChI is InChI=1S/C21H33NO/c1-16(2)19-10-12-21(3,4)15-18(19)14-20(23)22-13-11-17-8-6-5-7-9-17/h5-9,16,18-19H,10-15H2,1-4H3,(H,22,23). The van der Waals surface area contributed by atoms with Crippen LogP contribution in [0.3, 0.4) is 0 Å². The molecule has 128 valence electrons. The van der Waals surface area contributed by atoms with E-state index in [4.69, 9.17) is 0 Å². The quantitative estimate of drug-likeness (QED) is 0.800. The molecule has 1 fully saturated rings. The van der Waals surface area contributed by atoms with Crippen LogP contribution in [-0.2, 0) is 11.2 Å². The van der Waals surface area contributed by atoms with Gasteiger partial charge in [-0.1, -0.05) is 58.0 Å². The Labute approximate surface area is 142 Å². The van der Waals surface area contributed by atoms with Crippen molar-refractivity contribution in [3.63, 3.8) is 0 Å². The third-order valence-electron chi connectivity index (χ3n) is 5.46. The summed E-state index contributed by atoms with van der Waals surface area (Å²) in [6.07, 6.45) is 5.36. The van der Waals surface area contributed by atoms with Gasteiger partial charge in [-0.05, 0) is 54.4 Å². The molecule has 0 aromatic heterocycles. The second kappa shape index (κ2) is 7.99. The van der Waals surface area contributed by atoms with Gasteiger partial charge in [0.05, 0.1) is 0 Å². The van der Waals surface area contributed by atoms with Crippen LogP contribution in [0.1, 0.15) is 58.9 Å². The Morgan fingerprint density at radius 3 is 2.61 bits per heavy atom. The van der Waals surface area contributed by atoms with Crippen LogP contribution in [0, 0.1) is 23.2 Å². The minimum absolute atomic E-state index is 0.231. The minimum atomic E-state index is 0.231. The molecule has 1 aromatic rings. The number of hydrogen-bond donors (Lipinski definition) is 1. The van der Waals surface area contributed by atoms with E-state index in [1.54, 1.807) is 0 Å². The molecule has 1 aliphatic carbocycles. The number of benzene rings is 1. The summed E-state index contributed by atoms with van der Waals surface area (Å²) in [6, 6.07) is 10.4. The van der Waals surface area contributed by atoms with Crippen molar-refractivity contribution in [1.82, 2.24) is 5.32 Å². The van der Waals surface area contributed by atoms with E-state index in [1.165, 1.54) is 24.8 Å². The summed E-state index contributed by atoms with van der Waals surface area (Å²) < 4.78 is 0. The number of carbonyl (C=O) groups is 1. The molecule has 1 amide bonds. The van der Waals surface area contributed by atoms with Gasteiger partial charge in [-0.25, -0.2) is 0 Å². The van der Waals surface area contributed by atoms with Gasteiger partial charge in [0.1, 0.15) is 0 Å². The molecule has 1 saturated carbocycles. The van der Waals surface area contributed by atoms with Crippen molar-refractivity contribution >= 4 is 5.91 Å². The van der Waals surface area contributed by atoms with Crippen LogP contribution in [0.25, 0.3) is 0 Å². The molecule has 2 unspecified atom stereocenters. The van der Waals surface area contributed by atoms with E-state index >= 15 is 0 Å². The second-order valence-corrected chi connectivity index (χ2v) is 8.36. The van der Waals surface area contributed by atoms with Gasteiger partial charge < -0.3 is 5.32 Å². The molecule has 1 N–H and O–H groups in total. The normalized spacial score (nSPS) is 23.7. The van der Waals surface area contributed by atoms with Crippen molar-refractivity contribution in [3.8, 4) is 0 Å². The van der Waals surface area contributed by atoms with Crippen LogP contribution in [-0.4, -0.2) is 12.5 Å². The van der Waals surface area contributed by atoms with Gasteiger partial charge in [0, 0.05) is 13.0 Å². The summed E-state index contributed by atoms with van der Waals surface area (Å²) in [4.78, 5) is 12.4. The number of hydrogen-bond acceptors (Lipinski definition) is 1. The maximum absolute atomic E-state index is 12.4. The first-order valence-electron chi connectivity index (χ1n) is 9.18. The van der Waals surface area contributed by atoms with Gasteiger partial charge in [0.25, 0.3) is 0 Å². The molecule has 1 aromatic carbocycles. The van der Waals surface area contributed by atoms with Crippen LogP contribution in [0.4, 0.5) is 0 Å². The monoisotopic (exact) mass is 315 g/mol. The summed E-state index contributed by atoms with van der Waals surface area (Å²) in [5, 5.41) is 3.13. The molecule has 23 heavy (non-hydrogen) atoms. The molecule has 0 heterocycles. The first-order valence-corrected chi connectivity index (χ1v) is 9.18. The fourth-order valence-electron chi connectivity index (χ4n) is 4.16. The lowest BCUT2D eigenvalue weighted by Gasteiger charge is -2.42. The van der Waals surface area contributed by atoms with E-state index in [-0.39, 0.29) is 5.91 Å². The van der Waals surface area contributed by atoms with Gasteiger partial charge in [-0.15, -0.1) is 0 Å². The van der Waals surface area contributed by atoms with Gasteiger partial charge in [0.2, 0.25) is 5.91 Å². The summed E-state index contributed by atoms with van der Waals surface area (Å²) in [7, 11) is 0. The number of nitrogens with one attached hydrogen (secondary N) is 1. The average Bonchev–Trinajstić information content (AvgIpc) is 2.47. The highest BCUT2D eigenvalue weighted by molar-refractivity contribution is 5.76. The molecule has 2 nitrogen and oxygen atoms in total. The van der Waals surface area contributed by atoms with Crippen LogP contribution < -0.4 is 5.32 Å². The van der Waals surface area contributed by atoms with Crippen molar-refractivity contribution in [2.75, 3.05) is 6.54 Å². The molecule has 2 atom stereocenters. The molecule has 0 aliphatic heterocycles. The van der Waals surface area contributed by atoms with Crippen LogP contribution in [0.5, 0.6) is 0 Å². The lowest BCUT2D eigenvalue weighted by atomic mass is 9.63. The Morgan fingerprint density at radius 2 is 1.96 bits per heavy atom. The molecule has 0 bridgehead atoms. The summed E-state index contributed by atoms with van der Waals surface area (Å²) in [5.74, 6) is 2.14. The first-order chi connectivity index (χ1) is 10.9. The smallest absolute Gasteiger partial charge is 0.220 e. The first kappa shape index (κ1) is 18.0. The number of rotatable bonds is 6. The molecule has 2 heteroatoms. The third-order valence-corrected chi connectivity index (χ3v) is 5.46. The maximum Gasteiger partial charge on any atom is 0.220 e. The fourth-order valence-corrected chi connectivity index (χ4v) is 4.16. The predicted molar refractivity (Wildman–Crippen MR) is 97.2 cm³/mol. The summed E-state index contributed by atoms with van der Waals surface area (Å²) >= 11 is 0. The molecule has 0 saturated heterocycles. The second-order valence-electron chi connectivity index (χ2n) is 8.36. The zero-order valence-electron chi connectivity index (χ0n) is 15.3. The van der Waals surface area contributed by atoms with Crippen molar-refractivity contribution in [1.29, 1.82) is 0 Å².